The number of amides is 1. The van der Waals surface area contributed by atoms with Gasteiger partial charge in [0.25, 0.3) is 0 Å². The molecule has 5 rings (SSSR count). The molecule has 1 unspecified atom stereocenters. The predicted molar refractivity (Wildman–Crippen MR) is 145 cm³/mol. The minimum absolute atomic E-state index is 0.0271. The summed E-state index contributed by atoms with van der Waals surface area (Å²) in [6.07, 6.45) is 6.11. The number of carbonyl (C=O) groups is 1. The van der Waals surface area contributed by atoms with Crippen LogP contribution in [-0.4, -0.2) is 87.2 Å². The van der Waals surface area contributed by atoms with E-state index < -0.39 is 26.8 Å². The molecule has 0 aromatic heterocycles. The fourth-order valence-electron chi connectivity index (χ4n) is 7.92. The first-order valence-electron chi connectivity index (χ1n) is 13.9. The summed E-state index contributed by atoms with van der Waals surface area (Å²) >= 11 is 0. The number of ether oxygens (including phenoxy) is 3. The fourth-order valence-corrected chi connectivity index (χ4v) is 10.8. The molecule has 4 N–H and O–H groups in total. The third kappa shape index (κ3) is 5.80. The number of carbonyl (C=O) groups excluding carboxylic acids is 1. The molecule has 3 aliphatic carbocycles. The smallest absolute Gasteiger partial charge is 0.410 e. The van der Waals surface area contributed by atoms with Crippen molar-refractivity contribution in [2.45, 2.75) is 63.0 Å². The summed E-state index contributed by atoms with van der Waals surface area (Å²) in [6, 6.07) is 5.87. The Kier molecular flexibility index (Phi) is 8.59. The molecule has 1 aromatic carbocycles. The molecule has 40 heavy (non-hydrogen) atoms. The molecular formula is C26H40N2O10P2. The third-order valence-electron chi connectivity index (χ3n) is 9.70. The molecule has 1 heterocycles. The van der Waals surface area contributed by atoms with Crippen LogP contribution in [0.1, 0.15) is 56.1 Å². The molecule has 14 heteroatoms. The van der Waals surface area contributed by atoms with Crippen molar-refractivity contribution in [1.82, 2.24) is 9.80 Å². The Labute approximate surface area is 234 Å². The van der Waals surface area contributed by atoms with Gasteiger partial charge in [-0.1, -0.05) is 13.0 Å². The van der Waals surface area contributed by atoms with Crippen LogP contribution in [0.2, 0.25) is 0 Å². The van der Waals surface area contributed by atoms with Crippen LogP contribution in [0, 0.1) is 17.3 Å². The number of aryl methyl sites for hydroxylation is 1. The Bertz CT molecular complexity index is 1170. The first-order valence-corrected chi connectivity index (χ1v) is 17.2. The number of benzene rings is 1. The van der Waals surface area contributed by atoms with E-state index in [1.165, 1.54) is 22.4 Å². The lowest BCUT2D eigenvalue weighted by Crippen LogP contribution is -2.52. The molecule has 3 fully saturated rings. The highest BCUT2D eigenvalue weighted by molar-refractivity contribution is 7.70. The van der Waals surface area contributed by atoms with Crippen LogP contribution in [0.3, 0.4) is 0 Å². The van der Waals surface area contributed by atoms with E-state index in [9.17, 15) is 33.5 Å². The van der Waals surface area contributed by atoms with E-state index in [0.717, 1.165) is 37.0 Å². The second-order valence-electron chi connectivity index (χ2n) is 11.9. The lowest BCUT2D eigenvalue weighted by atomic mass is 9.55. The van der Waals surface area contributed by atoms with Crippen molar-refractivity contribution in [3.63, 3.8) is 0 Å². The zero-order chi connectivity index (χ0) is 28.9. The lowest BCUT2D eigenvalue weighted by molar-refractivity contribution is -0.125. The minimum atomic E-state index is -5.09. The van der Waals surface area contributed by atoms with Gasteiger partial charge in [-0.05, 0) is 85.0 Å². The Morgan fingerprint density at radius 2 is 1.75 bits per heavy atom. The van der Waals surface area contributed by atoms with Crippen LogP contribution in [0.5, 0.6) is 5.75 Å². The summed E-state index contributed by atoms with van der Waals surface area (Å²) < 4.78 is 40.3. The molecule has 0 radical (unpaired) electrons. The van der Waals surface area contributed by atoms with Gasteiger partial charge in [-0.3, -0.25) is 14.0 Å². The SMILES string of the molecule is COCOC1CC[C@H]2[C@@H]3CCc4cc(OC(=O)N5CCN(C(P(=O)(O)O)P(=O)(O)O)CC5)ccc4[C@H]3CC[C@]12C. The van der Waals surface area contributed by atoms with Crippen molar-refractivity contribution in [3.8, 4) is 5.75 Å². The van der Waals surface area contributed by atoms with Gasteiger partial charge in [0.2, 0.25) is 5.52 Å². The van der Waals surface area contributed by atoms with Crippen LogP contribution < -0.4 is 4.74 Å². The average Bonchev–Trinajstić information content (AvgIpc) is 3.22. The van der Waals surface area contributed by atoms with Gasteiger partial charge >= 0.3 is 21.3 Å². The van der Waals surface area contributed by atoms with Crippen molar-refractivity contribution < 1.29 is 47.7 Å². The molecule has 0 bridgehead atoms. The summed E-state index contributed by atoms with van der Waals surface area (Å²) in [6.45, 7) is 2.58. The predicted octanol–water partition coefficient (Wildman–Crippen LogP) is 3.29. The number of rotatable bonds is 7. The molecule has 1 saturated heterocycles. The summed E-state index contributed by atoms with van der Waals surface area (Å²) in [5, 5.41) is 0. The lowest BCUT2D eigenvalue weighted by Gasteiger charge is -2.50. The van der Waals surface area contributed by atoms with Crippen LogP contribution in [0.15, 0.2) is 18.2 Å². The Balaban J connectivity index is 1.21. The van der Waals surface area contributed by atoms with Gasteiger partial charge in [0.15, 0.2) is 0 Å². The van der Waals surface area contributed by atoms with Gasteiger partial charge < -0.3 is 38.7 Å². The van der Waals surface area contributed by atoms with Crippen LogP contribution in [-0.2, 0) is 25.0 Å². The zero-order valence-corrected chi connectivity index (χ0v) is 24.7. The summed E-state index contributed by atoms with van der Waals surface area (Å²) in [5.41, 5.74) is 0.506. The van der Waals surface area contributed by atoms with E-state index in [0.29, 0.717) is 30.3 Å². The second kappa shape index (κ2) is 11.4. The maximum atomic E-state index is 12.9. The van der Waals surface area contributed by atoms with Gasteiger partial charge in [0.05, 0.1) is 6.10 Å². The Morgan fingerprint density at radius 3 is 2.40 bits per heavy atom. The zero-order valence-electron chi connectivity index (χ0n) is 22.9. The van der Waals surface area contributed by atoms with Crippen molar-refractivity contribution in [2.24, 2.45) is 17.3 Å². The molecular weight excluding hydrogens is 562 g/mol. The highest BCUT2D eigenvalue weighted by Crippen LogP contribution is 2.62. The van der Waals surface area contributed by atoms with Gasteiger partial charge in [-0.2, -0.15) is 0 Å². The van der Waals surface area contributed by atoms with E-state index in [1.54, 1.807) is 7.11 Å². The van der Waals surface area contributed by atoms with Gasteiger partial charge in [-0.25, -0.2) is 4.79 Å². The van der Waals surface area contributed by atoms with Crippen LogP contribution in [0.4, 0.5) is 4.79 Å². The highest BCUT2D eigenvalue weighted by atomic mass is 31.2. The number of fused-ring (bicyclic) bond motifs is 5. The van der Waals surface area contributed by atoms with E-state index >= 15 is 0 Å². The van der Waals surface area contributed by atoms with Crippen molar-refractivity contribution in [1.29, 1.82) is 0 Å². The van der Waals surface area contributed by atoms with Crippen molar-refractivity contribution >= 4 is 21.3 Å². The number of piperazine rings is 1. The Hall–Kier alpha value is -1.33. The molecule has 1 amide bonds. The number of nitrogens with zero attached hydrogens (tertiary/aromatic N) is 2. The van der Waals surface area contributed by atoms with Crippen LogP contribution >= 0.6 is 15.2 Å². The van der Waals surface area contributed by atoms with Gasteiger partial charge in [0.1, 0.15) is 12.5 Å². The van der Waals surface area contributed by atoms with Crippen molar-refractivity contribution in [3.05, 3.63) is 29.3 Å². The monoisotopic (exact) mass is 602 g/mol. The number of hydrogen-bond donors (Lipinski definition) is 4. The molecule has 12 nitrogen and oxygen atoms in total. The second-order valence-corrected chi connectivity index (χ2v) is 15.6. The largest absolute Gasteiger partial charge is 0.415 e. The molecule has 224 valence electrons. The topological polar surface area (TPSA) is 166 Å². The summed E-state index contributed by atoms with van der Waals surface area (Å²) in [5.74, 6) is 2.16. The number of hydrogen-bond acceptors (Lipinski definition) is 7. The molecule has 4 aliphatic rings. The first kappa shape index (κ1) is 30.1. The standard InChI is InChI=1S/C26H40N2O10P2/c1-26-10-9-20-19-6-4-18(15-17(19)3-5-21(20)22(26)7-8-23(26)37-16-36-2)38-24(29)27-11-13-28(14-12-27)25(39(30,31)32)40(33,34)35/h4,6,15,20-23,25H,3,5,7-14,16H2,1-2H3,(H2,30,31,32)(H2,33,34,35)/t20-,21-,22+,23?,26+/m1/s1. The van der Waals surface area contributed by atoms with E-state index in [4.69, 9.17) is 14.2 Å². The summed E-state index contributed by atoms with van der Waals surface area (Å²) in [4.78, 5) is 53.2. The molecule has 2 saturated carbocycles. The fraction of sp³-hybridized carbons (Fsp3) is 0.731. The maximum absolute atomic E-state index is 12.9. The Morgan fingerprint density at radius 1 is 1.05 bits per heavy atom. The van der Waals surface area contributed by atoms with Crippen LogP contribution in [0.25, 0.3) is 0 Å². The van der Waals surface area contributed by atoms with E-state index in [-0.39, 0.29) is 37.7 Å². The van der Waals surface area contributed by atoms with E-state index in [1.807, 2.05) is 12.1 Å². The quantitative estimate of drug-likeness (QED) is 0.267. The van der Waals surface area contributed by atoms with E-state index in [2.05, 4.69) is 13.0 Å². The third-order valence-corrected chi connectivity index (χ3v) is 13.4. The van der Waals surface area contributed by atoms with Gasteiger partial charge in [-0.15, -0.1) is 0 Å². The molecule has 1 aliphatic heterocycles. The molecule has 5 atom stereocenters. The molecule has 1 aromatic rings. The van der Waals surface area contributed by atoms with Crippen molar-refractivity contribution in [2.75, 3.05) is 40.1 Å². The molecule has 0 spiro atoms. The number of methoxy groups -OCH3 is 1. The average molecular weight is 603 g/mol. The van der Waals surface area contributed by atoms with Gasteiger partial charge in [0, 0.05) is 33.3 Å². The normalized spacial score (nSPS) is 31.0. The minimum Gasteiger partial charge on any atom is -0.410 e. The maximum Gasteiger partial charge on any atom is 0.415 e. The first-order chi connectivity index (χ1) is 18.8. The summed E-state index contributed by atoms with van der Waals surface area (Å²) in [7, 11) is -8.51. The highest BCUT2D eigenvalue weighted by Gasteiger charge is 2.55.